The number of carbonyl (C=O) groups is 1. The molecule has 2 aromatic rings. The number of amides is 1. The Morgan fingerprint density at radius 3 is 2.52 bits per heavy atom. The van der Waals surface area contributed by atoms with Gasteiger partial charge in [-0.25, -0.2) is 4.98 Å². The number of hydrogen-bond donors (Lipinski definition) is 2. The monoisotopic (exact) mass is 286 g/mol. The number of carbonyl (C=O) groups excluding carboxylic acids is 1. The molecule has 0 spiro atoms. The molecule has 0 aliphatic heterocycles. The number of benzene rings is 1. The number of nitrogens with two attached hydrogens (primary N) is 1. The first-order valence-corrected chi connectivity index (χ1v) is 7.13. The number of aryl methyl sites for hydroxylation is 1. The van der Waals surface area contributed by atoms with E-state index in [4.69, 9.17) is 5.73 Å². The lowest BCUT2D eigenvalue weighted by atomic mass is 10.1. The molecule has 1 aromatic heterocycles. The third-order valence-electron chi connectivity index (χ3n) is 3.66. The van der Waals surface area contributed by atoms with Crippen LogP contribution >= 0.6 is 0 Å². The summed E-state index contributed by atoms with van der Waals surface area (Å²) < 4.78 is 2.02. The van der Waals surface area contributed by atoms with Gasteiger partial charge in [0.15, 0.2) is 0 Å². The fourth-order valence-electron chi connectivity index (χ4n) is 2.12. The molecule has 3 N–H and O–H groups in total. The van der Waals surface area contributed by atoms with Gasteiger partial charge < -0.3 is 15.6 Å². The van der Waals surface area contributed by atoms with E-state index in [-0.39, 0.29) is 17.9 Å². The maximum absolute atomic E-state index is 11.9. The van der Waals surface area contributed by atoms with E-state index >= 15 is 0 Å². The number of aromatic nitrogens is 2. The zero-order chi connectivity index (χ0) is 15.4. The van der Waals surface area contributed by atoms with E-state index in [1.165, 1.54) is 0 Å². The second kappa shape index (κ2) is 6.54. The van der Waals surface area contributed by atoms with Gasteiger partial charge in [0.2, 0.25) is 5.91 Å². The molecule has 1 heterocycles. The summed E-state index contributed by atoms with van der Waals surface area (Å²) >= 11 is 0. The Labute approximate surface area is 125 Å². The summed E-state index contributed by atoms with van der Waals surface area (Å²) in [6.45, 7) is 6.12. The molecule has 2 unspecified atom stereocenters. The molecule has 0 radical (unpaired) electrons. The average Bonchev–Trinajstić information content (AvgIpc) is 2.92. The molecule has 0 fully saturated rings. The van der Waals surface area contributed by atoms with Gasteiger partial charge in [-0.2, -0.15) is 0 Å². The van der Waals surface area contributed by atoms with E-state index in [0.29, 0.717) is 6.54 Å². The number of nitrogens with one attached hydrogen (secondary N) is 1. The highest BCUT2D eigenvalue weighted by Gasteiger charge is 2.14. The summed E-state index contributed by atoms with van der Waals surface area (Å²) in [7, 11) is 0. The Balaban J connectivity index is 2.08. The molecule has 0 aliphatic rings. The maximum Gasteiger partial charge on any atom is 0.224 e. The van der Waals surface area contributed by atoms with Crippen LogP contribution < -0.4 is 11.1 Å². The van der Waals surface area contributed by atoms with Crippen molar-refractivity contribution in [1.29, 1.82) is 0 Å². The van der Waals surface area contributed by atoms with Gasteiger partial charge in [0.25, 0.3) is 0 Å². The molecule has 5 heteroatoms. The van der Waals surface area contributed by atoms with Gasteiger partial charge in [-0.3, -0.25) is 4.79 Å². The first-order valence-electron chi connectivity index (χ1n) is 7.13. The standard InChI is InChI=1S/C16H22N4O/c1-11(10-17)16(21)19-12(2)14-4-6-15(7-5-14)20-9-8-18-13(20)3/h4-9,11-12H,10,17H2,1-3H3,(H,19,21). The molecule has 0 saturated heterocycles. The van der Waals surface area contributed by atoms with Crippen molar-refractivity contribution in [3.05, 3.63) is 48.0 Å². The Bertz CT molecular complexity index is 603. The van der Waals surface area contributed by atoms with E-state index < -0.39 is 0 Å². The fourth-order valence-corrected chi connectivity index (χ4v) is 2.12. The molecule has 1 amide bonds. The third kappa shape index (κ3) is 3.49. The Morgan fingerprint density at radius 1 is 1.33 bits per heavy atom. The average molecular weight is 286 g/mol. The molecule has 112 valence electrons. The lowest BCUT2D eigenvalue weighted by molar-refractivity contribution is -0.124. The van der Waals surface area contributed by atoms with Crippen LogP contribution in [0.5, 0.6) is 0 Å². The molecule has 0 saturated carbocycles. The molecule has 1 aromatic carbocycles. The van der Waals surface area contributed by atoms with Gasteiger partial charge in [-0.05, 0) is 31.5 Å². The highest BCUT2D eigenvalue weighted by molar-refractivity contribution is 5.78. The second-order valence-corrected chi connectivity index (χ2v) is 5.30. The van der Waals surface area contributed by atoms with Crippen molar-refractivity contribution in [3.63, 3.8) is 0 Å². The minimum Gasteiger partial charge on any atom is -0.349 e. The second-order valence-electron chi connectivity index (χ2n) is 5.30. The molecular formula is C16H22N4O. The van der Waals surface area contributed by atoms with Gasteiger partial charge in [0.1, 0.15) is 5.82 Å². The van der Waals surface area contributed by atoms with Crippen molar-refractivity contribution >= 4 is 5.91 Å². The van der Waals surface area contributed by atoms with Crippen molar-refractivity contribution in [3.8, 4) is 5.69 Å². The molecule has 0 aliphatic carbocycles. The number of hydrogen-bond acceptors (Lipinski definition) is 3. The van der Waals surface area contributed by atoms with Crippen molar-refractivity contribution in [2.24, 2.45) is 11.7 Å². The summed E-state index contributed by atoms with van der Waals surface area (Å²) in [5.41, 5.74) is 7.63. The Morgan fingerprint density at radius 2 is 2.00 bits per heavy atom. The summed E-state index contributed by atoms with van der Waals surface area (Å²) in [5.74, 6) is 0.765. The van der Waals surface area contributed by atoms with Gasteiger partial charge in [0, 0.05) is 30.5 Å². The van der Waals surface area contributed by atoms with E-state index in [9.17, 15) is 4.79 Å². The number of nitrogens with zero attached hydrogens (tertiary/aromatic N) is 2. The van der Waals surface area contributed by atoms with Crippen molar-refractivity contribution in [2.45, 2.75) is 26.8 Å². The van der Waals surface area contributed by atoms with Gasteiger partial charge >= 0.3 is 0 Å². The van der Waals surface area contributed by atoms with Gasteiger partial charge in [0.05, 0.1) is 6.04 Å². The highest BCUT2D eigenvalue weighted by Crippen LogP contribution is 2.17. The van der Waals surface area contributed by atoms with Gasteiger partial charge in [-0.15, -0.1) is 0 Å². The van der Waals surface area contributed by atoms with Crippen LogP contribution in [0.25, 0.3) is 5.69 Å². The predicted molar refractivity (Wildman–Crippen MR) is 83.1 cm³/mol. The topological polar surface area (TPSA) is 72.9 Å². The van der Waals surface area contributed by atoms with Crippen LogP contribution in [0.15, 0.2) is 36.7 Å². The molecule has 21 heavy (non-hydrogen) atoms. The van der Waals surface area contributed by atoms with Gasteiger partial charge in [-0.1, -0.05) is 19.1 Å². The lowest BCUT2D eigenvalue weighted by Gasteiger charge is -2.17. The minimum absolute atomic E-state index is 0.0143. The maximum atomic E-state index is 11.9. The summed E-state index contributed by atoms with van der Waals surface area (Å²) in [4.78, 5) is 16.1. The van der Waals surface area contributed by atoms with Crippen molar-refractivity contribution in [1.82, 2.24) is 14.9 Å². The fraction of sp³-hybridized carbons (Fsp3) is 0.375. The Kier molecular flexibility index (Phi) is 4.75. The van der Waals surface area contributed by atoms with Crippen LogP contribution in [0.2, 0.25) is 0 Å². The molecular weight excluding hydrogens is 264 g/mol. The predicted octanol–water partition coefficient (Wildman–Crippen LogP) is 1.95. The van der Waals surface area contributed by atoms with E-state index in [0.717, 1.165) is 17.1 Å². The van der Waals surface area contributed by atoms with E-state index in [2.05, 4.69) is 10.3 Å². The van der Waals surface area contributed by atoms with Crippen LogP contribution in [-0.4, -0.2) is 22.0 Å². The van der Waals surface area contributed by atoms with Crippen LogP contribution in [0.3, 0.4) is 0 Å². The number of imidazole rings is 1. The van der Waals surface area contributed by atoms with Crippen molar-refractivity contribution in [2.75, 3.05) is 6.54 Å². The van der Waals surface area contributed by atoms with E-state index in [1.54, 1.807) is 6.20 Å². The first-order chi connectivity index (χ1) is 10.0. The smallest absolute Gasteiger partial charge is 0.224 e. The molecule has 0 bridgehead atoms. The number of rotatable bonds is 5. The van der Waals surface area contributed by atoms with Crippen LogP contribution in [0.1, 0.15) is 31.3 Å². The molecule has 2 atom stereocenters. The lowest BCUT2D eigenvalue weighted by Crippen LogP contribution is -2.34. The SMILES string of the molecule is Cc1nccn1-c1ccc(C(C)NC(=O)C(C)CN)cc1. The zero-order valence-corrected chi connectivity index (χ0v) is 12.7. The normalized spacial score (nSPS) is 13.7. The largest absolute Gasteiger partial charge is 0.349 e. The molecule has 5 nitrogen and oxygen atoms in total. The highest BCUT2D eigenvalue weighted by atomic mass is 16.1. The summed E-state index contributed by atoms with van der Waals surface area (Å²) in [6.07, 6.45) is 3.71. The minimum atomic E-state index is -0.166. The van der Waals surface area contributed by atoms with Crippen LogP contribution in [0, 0.1) is 12.8 Å². The zero-order valence-electron chi connectivity index (χ0n) is 12.7. The van der Waals surface area contributed by atoms with Crippen LogP contribution in [-0.2, 0) is 4.79 Å². The quantitative estimate of drug-likeness (QED) is 0.882. The van der Waals surface area contributed by atoms with E-state index in [1.807, 2.05) is 55.8 Å². The van der Waals surface area contributed by atoms with Crippen molar-refractivity contribution < 1.29 is 4.79 Å². The summed E-state index contributed by atoms with van der Waals surface area (Å²) in [6, 6.07) is 8.06. The first kappa shape index (κ1) is 15.3. The third-order valence-corrected chi connectivity index (χ3v) is 3.66. The van der Waals surface area contributed by atoms with Crippen LogP contribution in [0.4, 0.5) is 0 Å². The summed E-state index contributed by atoms with van der Waals surface area (Å²) in [5, 5.41) is 2.97. The molecule has 2 rings (SSSR count). The Hall–Kier alpha value is -2.14.